The molecule has 0 unspecified atom stereocenters. The Morgan fingerprint density at radius 2 is 1.70 bits per heavy atom. The quantitative estimate of drug-likeness (QED) is 0.163. The van der Waals surface area contributed by atoms with Gasteiger partial charge in [0.05, 0.1) is 29.2 Å². The lowest BCUT2D eigenvalue weighted by atomic mass is 9.92. The van der Waals surface area contributed by atoms with Crippen molar-refractivity contribution >= 4 is 40.3 Å². The molecule has 12 heteroatoms. The van der Waals surface area contributed by atoms with Gasteiger partial charge in [-0.2, -0.15) is 5.10 Å². The largest absolute Gasteiger partial charge is 0.456 e. The number of amides is 4. The van der Waals surface area contributed by atoms with Gasteiger partial charge in [-0.05, 0) is 48.0 Å². The van der Waals surface area contributed by atoms with Gasteiger partial charge in [0.25, 0.3) is 0 Å². The molecule has 3 heterocycles. The van der Waals surface area contributed by atoms with Crippen LogP contribution < -0.4 is 26.0 Å². The minimum atomic E-state index is -0.478. The number of anilines is 3. The number of ether oxygens (including phenoxy) is 1. The predicted molar refractivity (Wildman–Crippen MR) is 165 cm³/mol. The van der Waals surface area contributed by atoms with E-state index in [4.69, 9.17) is 9.84 Å². The fourth-order valence-electron chi connectivity index (χ4n) is 4.23. The van der Waals surface area contributed by atoms with Crippen LogP contribution in [0.3, 0.4) is 0 Å². The van der Waals surface area contributed by atoms with Crippen molar-refractivity contribution in [1.82, 2.24) is 25.1 Å². The molecular formula is C31H32N8O4. The van der Waals surface area contributed by atoms with Gasteiger partial charge in [0.2, 0.25) is 0 Å². The molecule has 0 fully saturated rings. The van der Waals surface area contributed by atoms with Crippen LogP contribution in [0, 0.1) is 0 Å². The summed E-state index contributed by atoms with van der Waals surface area (Å²) in [5, 5.41) is 25.7. The van der Waals surface area contributed by atoms with Crippen LogP contribution >= 0.6 is 0 Å². The Hall–Kier alpha value is -5.49. The van der Waals surface area contributed by atoms with Crippen LogP contribution in [-0.2, 0) is 12.0 Å². The van der Waals surface area contributed by atoms with Gasteiger partial charge in [0.15, 0.2) is 0 Å². The number of carbonyl (C=O) groups is 2. The summed E-state index contributed by atoms with van der Waals surface area (Å²) in [5.74, 6) is 1.77. The van der Waals surface area contributed by atoms with E-state index in [-0.39, 0.29) is 12.0 Å². The first-order valence-electron chi connectivity index (χ1n) is 13.5. The molecule has 43 heavy (non-hydrogen) atoms. The number of nitrogens with zero attached hydrogens (tertiary/aromatic N) is 4. The first kappa shape index (κ1) is 29.0. The smallest absolute Gasteiger partial charge is 0.324 e. The number of urea groups is 2. The summed E-state index contributed by atoms with van der Waals surface area (Å²) in [5.41, 5.74) is 3.06. The van der Waals surface area contributed by atoms with Gasteiger partial charge in [-0.1, -0.05) is 32.9 Å². The van der Waals surface area contributed by atoms with E-state index in [0.717, 1.165) is 16.9 Å². The first-order chi connectivity index (χ1) is 20.6. The molecule has 5 aromatic rings. The van der Waals surface area contributed by atoms with E-state index in [1.54, 1.807) is 41.2 Å². The first-order valence-corrected chi connectivity index (χ1v) is 13.5. The van der Waals surface area contributed by atoms with Crippen LogP contribution in [0.5, 0.6) is 11.5 Å². The van der Waals surface area contributed by atoms with Gasteiger partial charge >= 0.3 is 12.1 Å². The zero-order valence-corrected chi connectivity index (χ0v) is 24.2. The van der Waals surface area contributed by atoms with Crippen molar-refractivity contribution in [1.29, 1.82) is 0 Å². The second kappa shape index (κ2) is 12.2. The Morgan fingerprint density at radius 3 is 2.42 bits per heavy atom. The second-order valence-corrected chi connectivity index (χ2v) is 10.7. The molecule has 0 aliphatic rings. The van der Waals surface area contributed by atoms with Gasteiger partial charge in [0.1, 0.15) is 23.1 Å². The van der Waals surface area contributed by atoms with Crippen LogP contribution in [0.1, 0.15) is 32.0 Å². The summed E-state index contributed by atoms with van der Waals surface area (Å²) in [7, 11) is 1.51. The molecule has 0 atom stereocenters. The Kier molecular flexibility index (Phi) is 8.21. The van der Waals surface area contributed by atoms with E-state index < -0.39 is 12.1 Å². The topological polar surface area (TPSA) is 155 Å². The summed E-state index contributed by atoms with van der Waals surface area (Å²) in [6.45, 7) is 6.07. The Balaban J connectivity index is 1.39. The number of aliphatic hydroxyl groups is 1. The number of aliphatic hydroxyl groups excluding tert-OH is 1. The lowest BCUT2D eigenvalue weighted by molar-refractivity contribution is 0.254. The molecule has 2 aromatic carbocycles. The molecule has 0 aliphatic heterocycles. The van der Waals surface area contributed by atoms with Gasteiger partial charge in [-0.25, -0.2) is 19.3 Å². The molecule has 3 aromatic heterocycles. The van der Waals surface area contributed by atoms with Crippen molar-refractivity contribution in [2.45, 2.75) is 32.8 Å². The van der Waals surface area contributed by atoms with Gasteiger partial charge in [0, 0.05) is 42.4 Å². The van der Waals surface area contributed by atoms with Crippen LogP contribution in [0.25, 0.3) is 16.6 Å². The van der Waals surface area contributed by atoms with Crippen molar-refractivity contribution in [3.05, 3.63) is 90.4 Å². The van der Waals surface area contributed by atoms with E-state index in [2.05, 4.69) is 31.2 Å². The zero-order chi connectivity index (χ0) is 30.6. The molecule has 220 valence electrons. The van der Waals surface area contributed by atoms with E-state index in [1.807, 2.05) is 57.2 Å². The number of carbonyl (C=O) groups excluding carboxylic acids is 2. The normalized spacial score (nSPS) is 11.2. The maximum atomic E-state index is 13.3. The average Bonchev–Trinajstić information content (AvgIpc) is 3.43. The number of pyridine rings is 2. The summed E-state index contributed by atoms with van der Waals surface area (Å²) < 4.78 is 7.77. The molecule has 0 radical (unpaired) electrons. The lowest BCUT2D eigenvalue weighted by Gasteiger charge is -2.14. The molecule has 0 aliphatic carbocycles. The Bertz CT molecular complexity index is 1780. The highest BCUT2D eigenvalue weighted by atomic mass is 16.5. The standard InChI is InChI=1S/C31H32N8O4/c1-31(2,3)25-17-27(39(38-25)20-9-7-19(18-40)8-10-20)37-30(42)35-23-11-12-24(22-6-5-14-34-28(22)23)43-21-13-15-33-26(16-21)36-29(41)32-4/h5-17,40H,18H2,1-4H3,(H2,35,37,42)(H2,32,33,36,41). The van der Waals surface area contributed by atoms with Crippen LogP contribution in [-0.4, -0.2) is 44.0 Å². The Labute approximate surface area is 248 Å². The van der Waals surface area contributed by atoms with Crippen molar-refractivity contribution < 1.29 is 19.4 Å². The molecule has 0 bridgehead atoms. The minimum absolute atomic E-state index is 0.0650. The van der Waals surface area contributed by atoms with E-state index in [9.17, 15) is 14.7 Å². The third kappa shape index (κ3) is 6.71. The molecule has 0 saturated carbocycles. The van der Waals surface area contributed by atoms with Gasteiger partial charge in [-0.15, -0.1) is 0 Å². The predicted octanol–water partition coefficient (Wildman–Crippen LogP) is 5.79. The summed E-state index contributed by atoms with van der Waals surface area (Å²) >= 11 is 0. The number of fused-ring (bicyclic) bond motifs is 1. The molecule has 5 N–H and O–H groups in total. The van der Waals surface area contributed by atoms with Crippen molar-refractivity contribution in [3.63, 3.8) is 0 Å². The molecule has 12 nitrogen and oxygen atoms in total. The number of hydrogen-bond donors (Lipinski definition) is 5. The number of hydrogen-bond acceptors (Lipinski definition) is 7. The molecule has 4 amide bonds. The maximum Gasteiger partial charge on any atom is 0.324 e. The molecule has 5 rings (SSSR count). The monoisotopic (exact) mass is 580 g/mol. The van der Waals surface area contributed by atoms with Crippen molar-refractivity contribution in [2.24, 2.45) is 0 Å². The third-order valence-corrected chi connectivity index (χ3v) is 6.49. The van der Waals surface area contributed by atoms with Gasteiger partial charge in [-0.3, -0.25) is 15.6 Å². The fraction of sp³-hybridized carbons (Fsp3) is 0.194. The fourth-order valence-corrected chi connectivity index (χ4v) is 4.23. The van der Waals surface area contributed by atoms with Crippen LogP contribution in [0.4, 0.5) is 26.9 Å². The second-order valence-electron chi connectivity index (χ2n) is 10.7. The van der Waals surface area contributed by atoms with Crippen LogP contribution in [0.15, 0.2) is 79.1 Å². The zero-order valence-electron chi connectivity index (χ0n) is 24.2. The highest BCUT2D eigenvalue weighted by molar-refractivity contribution is 6.06. The van der Waals surface area contributed by atoms with Crippen molar-refractivity contribution in [3.8, 4) is 17.2 Å². The average molecular weight is 581 g/mol. The number of rotatable bonds is 7. The number of aromatic nitrogens is 4. The number of benzene rings is 2. The summed E-state index contributed by atoms with van der Waals surface area (Å²) in [6.07, 6.45) is 3.16. The summed E-state index contributed by atoms with van der Waals surface area (Å²) in [6, 6.07) is 18.6. The highest BCUT2D eigenvalue weighted by Crippen LogP contribution is 2.34. The SMILES string of the molecule is CNC(=O)Nc1cc(Oc2ccc(NC(=O)Nc3cc(C(C)(C)C)nn3-c3ccc(CO)cc3)c3ncccc23)ccn1. The summed E-state index contributed by atoms with van der Waals surface area (Å²) in [4.78, 5) is 33.6. The van der Waals surface area contributed by atoms with Gasteiger partial charge < -0.3 is 20.5 Å². The Morgan fingerprint density at radius 1 is 0.907 bits per heavy atom. The molecular weight excluding hydrogens is 548 g/mol. The highest BCUT2D eigenvalue weighted by Gasteiger charge is 2.22. The third-order valence-electron chi connectivity index (χ3n) is 6.49. The van der Waals surface area contributed by atoms with E-state index >= 15 is 0 Å². The van der Waals surface area contributed by atoms with Crippen LogP contribution in [0.2, 0.25) is 0 Å². The maximum absolute atomic E-state index is 13.3. The molecule has 0 spiro atoms. The van der Waals surface area contributed by atoms with Crippen molar-refractivity contribution in [2.75, 3.05) is 23.0 Å². The minimum Gasteiger partial charge on any atom is -0.456 e. The lowest BCUT2D eigenvalue weighted by Crippen LogP contribution is -2.24. The van der Waals surface area contributed by atoms with E-state index in [0.29, 0.717) is 39.7 Å². The van der Waals surface area contributed by atoms with E-state index in [1.165, 1.54) is 13.2 Å². The molecule has 0 saturated heterocycles. The number of nitrogens with one attached hydrogen (secondary N) is 4.